The molecule has 2 heterocycles. The van der Waals surface area contributed by atoms with E-state index in [0.29, 0.717) is 5.75 Å². The summed E-state index contributed by atoms with van der Waals surface area (Å²) in [6.45, 7) is 5.53. The number of benzene rings is 2. The van der Waals surface area contributed by atoms with Gasteiger partial charge in [-0.15, -0.1) is 0 Å². The van der Waals surface area contributed by atoms with Gasteiger partial charge in [-0.3, -0.25) is 4.72 Å². The minimum Gasteiger partial charge on any atom is -0.493 e. The van der Waals surface area contributed by atoms with Crippen molar-refractivity contribution in [3.63, 3.8) is 0 Å². The number of ether oxygens (including phenoxy) is 4. The number of hydrogen-bond donors (Lipinski definition) is 1. The molecule has 0 saturated heterocycles. The van der Waals surface area contributed by atoms with Gasteiger partial charge >= 0.3 is 5.97 Å². The summed E-state index contributed by atoms with van der Waals surface area (Å²) < 4.78 is 51.4. The molecule has 0 aliphatic rings. The van der Waals surface area contributed by atoms with E-state index in [9.17, 15) is 13.2 Å². The first-order valence-corrected chi connectivity index (χ1v) is 13.8. The zero-order chi connectivity index (χ0) is 29.6. The maximum atomic E-state index is 13.6. The molecule has 0 fully saturated rings. The van der Waals surface area contributed by atoms with Gasteiger partial charge in [0.1, 0.15) is 0 Å². The van der Waals surface area contributed by atoms with Crippen molar-refractivity contribution in [2.24, 2.45) is 0 Å². The van der Waals surface area contributed by atoms with Crippen LogP contribution in [-0.2, 0) is 25.0 Å². The van der Waals surface area contributed by atoms with E-state index >= 15 is 0 Å². The SMILES string of the molecule is COC(=O)COc1nc(-c2ncccn2)nc(NS(=O)(=O)c2ccc(C(C)(C)C)cc2)c1Oc1ccccc1OC. The Labute approximate surface area is 237 Å². The second-order valence-electron chi connectivity index (χ2n) is 9.60. The van der Waals surface area contributed by atoms with Crippen LogP contribution in [0.1, 0.15) is 26.3 Å². The van der Waals surface area contributed by atoms with E-state index in [2.05, 4.69) is 29.4 Å². The molecule has 4 aromatic rings. The summed E-state index contributed by atoms with van der Waals surface area (Å²) in [5.74, 6) is -0.937. The normalized spacial score (nSPS) is 11.4. The molecule has 0 spiro atoms. The summed E-state index contributed by atoms with van der Waals surface area (Å²) in [7, 11) is -1.54. The highest BCUT2D eigenvalue weighted by Gasteiger charge is 2.27. The molecule has 2 aromatic carbocycles. The molecule has 0 aliphatic carbocycles. The van der Waals surface area contributed by atoms with Crippen LogP contribution in [0.15, 0.2) is 71.9 Å². The summed E-state index contributed by atoms with van der Waals surface area (Å²) in [4.78, 5) is 28.9. The molecule has 2 aromatic heterocycles. The lowest BCUT2D eigenvalue weighted by molar-refractivity contribution is -0.143. The molecule has 12 nitrogen and oxygen atoms in total. The van der Waals surface area contributed by atoms with Crippen LogP contribution < -0.4 is 18.9 Å². The molecule has 0 bridgehead atoms. The van der Waals surface area contributed by atoms with Gasteiger partial charge in [-0.05, 0) is 41.3 Å². The first-order chi connectivity index (χ1) is 19.5. The standard InChI is InChI=1S/C28H29N5O7S/c1-28(2,3)18-11-13-19(14-12-18)41(35,36)33-24-23(40-21-10-7-6-9-20(21)37-4)27(39-17-22(34)38-5)32-26(31-24)25-29-15-8-16-30-25/h6-16H,17H2,1-5H3,(H,31,32,33). The summed E-state index contributed by atoms with van der Waals surface area (Å²) >= 11 is 0. The van der Waals surface area contributed by atoms with Crippen LogP contribution >= 0.6 is 0 Å². The Morgan fingerprint density at radius 3 is 2.15 bits per heavy atom. The molecule has 0 unspecified atom stereocenters. The van der Waals surface area contributed by atoms with Crippen LogP contribution in [0.25, 0.3) is 11.6 Å². The molecular formula is C28H29N5O7S. The summed E-state index contributed by atoms with van der Waals surface area (Å²) in [6, 6.07) is 14.8. The number of methoxy groups -OCH3 is 2. The average Bonchev–Trinajstić information content (AvgIpc) is 2.97. The summed E-state index contributed by atoms with van der Waals surface area (Å²) in [6.07, 6.45) is 2.95. The highest BCUT2D eigenvalue weighted by Crippen LogP contribution is 2.41. The van der Waals surface area contributed by atoms with Crippen molar-refractivity contribution in [1.82, 2.24) is 19.9 Å². The van der Waals surface area contributed by atoms with E-state index in [1.165, 1.54) is 38.7 Å². The molecule has 0 aliphatic heterocycles. The van der Waals surface area contributed by atoms with Gasteiger partial charge in [-0.2, -0.15) is 4.98 Å². The average molecular weight is 580 g/mol. The predicted octanol–water partition coefficient (Wildman–Crippen LogP) is 4.38. The molecule has 13 heteroatoms. The van der Waals surface area contributed by atoms with Gasteiger partial charge in [0.25, 0.3) is 15.9 Å². The van der Waals surface area contributed by atoms with E-state index in [4.69, 9.17) is 14.2 Å². The smallest absolute Gasteiger partial charge is 0.343 e. The number of esters is 1. The van der Waals surface area contributed by atoms with Gasteiger partial charge in [-0.1, -0.05) is 45.0 Å². The Morgan fingerprint density at radius 1 is 0.878 bits per heavy atom. The third kappa shape index (κ3) is 7.06. The van der Waals surface area contributed by atoms with Gasteiger partial charge in [0, 0.05) is 12.4 Å². The Balaban J connectivity index is 1.87. The molecule has 41 heavy (non-hydrogen) atoms. The summed E-state index contributed by atoms with van der Waals surface area (Å²) in [5.41, 5.74) is 0.787. The van der Waals surface area contributed by atoms with Crippen LogP contribution in [0, 0.1) is 0 Å². The van der Waals surface area contributed by atoms with Gasteiger partial charge in [0.2, 0.25) is 11.6 Å². The number of nitrogens with one attached hydrogen (secondary N) is 1. The predicted molar refractivity (Wildman–Crippen MR) is 150 cm³/mol. The van der Waals surface area contributed by atoms with Crippen molar-refractivity contribution in [2.75, 3.05) is 25.5 Å². The first-order valence-electron chi connectivity index (χ1n) is 12.3. The van der Waals surface area contributed by atoms with E-state index in [-0.39, 0.29) is 45.2 Å². The number of carbonyl (C=O) groups is 1. The van der Waals surface area contributed by atoms with Crippen molar-refractivity contribution >= 4 is 21.8 Å². The third-order valence-electron chi connectivity index (χ3n) is 5.70. The zero-order valence-electron chi connectivity index (χ0n) is 23.1. The minimum absolute atomic E-state index is 0.0121. The van der Waals surface area contributed by atoms with Crippen molar-refractivity contribution in [1.29, 1.82) is 0 Å². The fraction of sp³-hybridized carbons (Fsp3) is 0.250. The minimum atomic E-state index is -4.20. The number of aromatic nitrogens is 4. The number of anilines is 1. The molecule has 4 rings (SSSR count). The Morgan fingerprint density at radius 2 is 1.54 bits per heavy atom. The fourth-order valence-corrected chi connectivity index (χ4v) is 4.53. The van der Waals surface area contributed by atoms with Crippen LogP contribution in [0.5, 0.6) is 23.1 Å². The van der Waals surface area contributed by atoms with Crippen LogP contribution in [0.2, 0.25) is 0 Å². The van der Waals surface area contributed by atoms with Crippen molar-refractivity contribution < 1.29 is 32.2 Å². The number of hydrogen-bond acceptors (Lipinski definition) is 11. The number of sulfonamides is 1. The quantitative estimate of drug-likeness (QED) is 0.266. The second kappa shape index (κ2) is 12.2. The molecule has 0 radical (unpaired) electrons. The van der Waals surface area contributed by atoms with Crippen molar-refractivity contribution in [3.8, 4) is 34.8 Å². The van der Waals surface area contributed by atoms with Crippen LogP contribution in [0.4, 0.5) is 5.82 Å². The highest BCUT2D eigenvalue weighted by atomic mass is 32.2. The summed E-state index contributed by atoms with van der Waals surface area (Å²) in [5, 5.41) is 0. The van der Waals surface area contributed by atoms with Gasteiger partial charge in [-0.25, -0.2) is 28.2 Å². The number of rotatable bonds is 10. The second-order valence-corrected chi connectivity index (χ2v) is 11.3. The largest absolute Gasteiger partial charge is 0.493 e. The van der Waals surface area contributed by atoms with E-state index in [1.54, 1.807) is 42.5 Å². The van der Waals surface area contributed by atoms with Gasteiger partial charge in [0.05, 0.1) is 19.1 Å². The fourth-order valence-electron chi connectivity index (χ4n) is 3.52. The van der Waals surface area contributed by atoms with Crippen LogP contribution in [0.3, 0.4) is 0 Å². The highest BCUT2D eigenvalue weighted by molar-refractivity contribution is 7.92. The topological polar surface area (TPSA) is 152 Å². The van der Waals surface area contributed by atoms with Gasteiger partial charge < -0.3 is 18.9 Å². The van der Waals surface area contributed by atoms with Gasteiger partial charge in [0.15, 0.2) is 29.7 Å². The number of para-hydroxylation sites is 2. The van der Waals surface area contributed by atoms with E-state index in [1.807, 2.05) is 20.8 Å². The van der Waals surface area contributed by atoms with Crippen molar-refractivity contribution in [2.45, 2.75) is 31.1 Å². The maximum absolute atomic E-state index is 13.6. The lowest BCUT2D eigenvalue weighted by Crippen LogP contribution is -2.18. The Bertz CT molecular complexity index is 1620. The monoisotopic (exact) mass is 579 g/mol. The number of carbonyl (C=O) groups excluding carboxylic acids is 1. The zero-order valence-corrected chi connectivity index (χ0v) is 23.9. The molecule has 1 N–H and O–H groups in total. The molecule has 0 atom stereocenters. The number of nitrogens with zero attached hydrogens (tertiary/aromatic N) is 4. The first kappa shape index (κ1) is 29.2. The maximum Gasteiger partial charge on any atom is 0.343 e. The third-order valence-corrected chi connectivity index (χ3v) is 7.05. The van der Waals surface area contributed by atoms with E-state index < -0.39 is 22.6 Å². The van der Waals surface area contributed by atoms with E-state index in [0.717, 1.165) is 5.56 Å². The molecular weight excluding hydrogens is 550 g/mol. The molecule has 214 valence electrons. The lowest BCUT2D eigenvalue weighted by Gasteiger charge is -2.20. The van der Waals surface area contributed by atoms with Crippen LogP contribution in [-0.4, -0.2) is 55.1 Å². The Hall–Kier alpha value is -4.78. The lowest BCUT2D eigenvalue weighted by atomic mass is 9.87. The van der Waals surface area contributed by atoms with Crippen molar-refractivity contribution in [3.05, 3.63) is 72.6 Å². The Kier molecular flexibility index (Phi) is 8.67. The molecule has 0 saturated carbocycles. The molecule has 0 amide bonds.